The van der Waals surface area contributed by atoms with E-state index in [4.69, 9.17) is 11.6 Å². The number of aliphatic carboxylic acids is 1. The summed E-state index contributed by atoms with van der Waals surface area (Å²) < 4.78 is 1.64. The molecule has 0 saturated carbocycles. The molecular formula is C18H20ClN3O3. The van der Waals surface area contributed by atoms with E-state index in [0.717, 1.165) is 17.8 Å². The summed E-state index contributed by atoms with van der Waals surface area (Å²) in [6.07, 6.45) is 1.26. The molecule has 6 nitrogen and oxygen atoms in total. The number of aryl methyl sites for hydroxylation is 1. The smallest absolute Gasteiger partial charge is 0.326 e. The molecule has 1 amide bonds. The first-order valence-electron chi connectivity index (χ1n) is 8.23. The molecule has 0 bridgehead atoms. The summed E-state index contributed by atoms with van der Waals surface area (Å²) in [4.78, 5) is 25.8. The normalized spacial score (nSPS) is 20.5. The highest BCUT2D eigenvalue weighted by Gasteiger charge is 2.36. The molecule has 1 aromatic heterocycles. The van der Waals surface area contributed by atoms with Gasteiger partial charge in [-0.1, -0.05) is 24.6 Å². The molecule has 25 heavy (non-hydrogen) atoms. The topological polar surface area (TPSA) is 75.4 Å². The van der Waals surface area contributed by atoms with Gasteiger partial charge in [-0.3, -0.25) is 4.79 Å². The van der Waals surface area contributed by atoms with E-state index in [1.165, 1.54) is 4.90 Å². The number of halogens is 1. The van der Waals surface area contributed by atoms with Gasteiger partial charge in [-0.25, -0.2) is 9.48 Å². The number of likely N-dealkylation sites (tertiary alicyclic amines) is 1. The maximum absolute atomic E-state index is 12.8. The number of rotatable bonds is 3. The number of benzene rings is 1. The molecule has 7 heteroatoms. The van der Waals surface area contributed by atoms with Gasteiger partial charge in [0.1, 0.15) is 6.04 Å². The molecule has 1 fully saturated rings. The average molecular weight is 362 g/mol. The van der Waals surface area contributed by atoms with Gasteiger partial charge >= 0.3 is 5.97 Å². The number of carbonyl (C=O) groups is 2. The molecule has 2 atom stereocenters. The monoisotopic (exact) mass is 361 g/mol. The standard InChI is InChI=1S/C18H20ClN3O3/c1-11-6-7-21(16(8-11)18(24)25)17(23)15-9-12(2)22(20-15)14-5-3-4-13(19)10-14/h3-5,9-11,16H,6-8H2,1-2H3,(H,24,25). The van der Waals surface area contributed by atoms with Crippen molar-refractivity contribution in [2.24, 2.45) is 5.92 Å². The highest BCUT2D eigenvalue weighted by molar-refractivity contribution is 6.30. The molecule has 2 aromatic rings. The Morgan fingerprint density at radius 3 is 2.76 bits per heavy atom. The van der Waals surface area contributed by atoms with Crippen LogP contribution in [0.1, 0.15) is 35.9 Å². The Bertz CT molecular complexity index is 818. The second kappa shape index (κ2) is 6.88. The molecule has 0 spiro atoms. The second-order valence-electron chi connectivity index (χ2n) is 6.54. The van der Waals surface area contributed by atoms with E-state index in [0.29, 0.717) is 18.0 Å². The summed E-state index contributed by atoms with van der Waals surface area (Å²) in [5.41, 5.74) is 1.78. The van der Waals surface area contributed by atoms with Gasteiger partial charge in [0.05, 0.1) is 5.69 Å². The summed E-state index contributed by atoms with van der Waals surface area (Å²) in [7, 11) is 0. The zero-order valence-corrected chi connectivity index (χ0v) is 14.9. The van der Waals surface area contributed by atoms with Crippen molar-refractivity contribution in [3.05, 3.63) is 46.7 Å². The highest BCUT2D eigenvalue weighted by atomic mass is 35.5. The van der Waals surface area contributed by atoms with Crippen LogP contribution in [0.4, 0.5) is 0 Å². The molecule has 0 radical (unpaired) electrons. The Morgan fingerprint density at radius 1 is 1.32 bits per heavy atom. The van der Waals surface area contributed by atoms with Crippen molar-refractivity contribution in [1.82, 2.24) is 14.7 Å². The van der Waals surface area contributed by atoms with Crippen LogP contribution in [-0.2, 0) is 4.79 Å². The number of piperidine rings is 1. The molecule has 1 N–H and O–H groups in total. The molecule has 2 heterocycles. The zero-order valence-electron chi connectivity index (χ0n) is 14.1. The lowest BCUT2D eigenvalue weighted by Crippen LogP contribution is -2.49. The van der Waals surface area contributed by atoms with Gasteiger partial charge in [-0.05, 0) is 49.9 Å². The van der Waals surface area contributed by atoms with Gasteiger partial charge in [0.2, 0.25) is 0 Å². The number of carbonyl (C=O) groups excluding carboxylic acids is 1. The number of aromatic nitrogens is 2. The van der Waals surface area contributed by atoms with E-state index >= 15 is 0 Å². The predicted octanol–water partition coefficient (Wildman–Crippen LogP) is 3.16. The predicted molar refractivity (Wildman–Crippen MR) is 94.2 cm³/mol. The molecule has 132 valence electrons. The van der Waals surface area contributed by atoms with Crippen LogP contribution in [0.3, 0.4) is 0 Å². The van der Waals surface area contributed by atoms with Crippen LogP contribution in [0, 0.1) is 12.8 Å². The Labute approximate surface area is 151 Å². The Hall–Kier alpha value is -2.34. The highest BCUT2D eigenvalue weighted by Crippen LogP contribution is 2.25. The van der Waals surface area contributed by atoms with Crippen molar-refractivity contribution < 1.29 is 14.7 Å². The first-order chi connectivity index (χ1) is 11.9. The molecule has 0 aliphatic carbocycles. The van der Waals surface area contributed by atoms with Crippen LogP contribution in [-0.4, -0.2) is 44.3 Å². The Kier molecular flexibility index (Phi) is 4.81. The lowest BCUT2D eigenvalue weighted by Gasteiger charge is -2.35. The quantitative estimate of drug-likeness (QED) is 0.911. The molecule has 1 aliphatic heterocycles. The molecule has 1 aromatic carbocycles. The van der Waals surface area contributed by atoms with E-state index in [9.17, 15) is 14.7 Å². The third-order valence-electron chi connectivity index (χ3n) is 4.57. The van der Waals surface area contributed by atoms with Crippen LogP contribution < -0.4 is 0 Å². The third-order valence-corrected chi connectivity index (χ3v) is 4.80. The molecule has 1 aliphatic rings. The fourth-order valence-electron chi connectivity index (χ4n) is 3.21. The van der Waals surface area contributed by atoms with Crippen molar-refractivity contribution in [1.29, 1.82) is 0 Å². The third kappa shape index (κ3) is 3.54. The Morgan fingerprint density at radius 2 is 2.08 bits per heavy atom. The van der Waals surface area contributed by atoms with Crippen LogP contribution in [0.5, 0.6) is 0 Å². The summed E-state index contributed by atoms with van der Waals surface area (Å²) in [5, 5.41) is 14.4. The molecule has 2 unspecified atom stereocenters. The van der Waals surface area contributed by atoms with Crippen molar-refractivity contribution in [3.8, 4) is 5.69 Å². The average Bonchev–Trinajstić information content (AvgIpc) is 2.96. The van der Waals surface area contributed by atoms with E-state index < -0.39 is 12.0 Å². The maximum Gasteiger partial charge on any atom is 0.326 e. The van der Waals surface area contributed by atoms with Crippen LogP contribution in [0.25, 0.3) is 5.69 Å². The van der Waals surface area contributed by atoms with Crippen LogP contribution in [0.15, 0.2) is 30.3 Å². The van der Waals surface area contributed by atoms with E-state index in [1.807, 2.05) is 26.0 Å². The zero-order chi connectivity index (χ0) is 18.1. The van der Waals surface area contributed by atoms with Gasteiger partial charge in [0, 0.05) is 17.3 Å². The van der Waals surface area contributed by atoms with Gasteiger partial charge < -0.3 is 10.0 Å². The van der Waals surface area contributed by atoms with Crippen molar-refractivity contribution >= 4 is 23.5 Å². The van der Waals surface area contributed by atoms with Gasteiger partial charge in [0.25, 0.3) is 5.91 Å². The minimum Gasteiger partial charge on any atom is -0.480 e. The minimum atomic E-state index is -0.967. The fourth-order valence-corrected chi connectivity index (χ4v) is 3.40. The Balaban J connectivity index is 1.90. The van der Waals surface area contributed by atoms with Crippen molar-refractivity contribution in [2.45, 2.75) is 32.7 Å². The fraction of sp³-hybridized carbons (Fsp3) is 0.389. The van der Waals surface area contributed by atoms with E-state index in [-0.39, 0.29) is 17.5 Å². The number of carboxylic acid groups (broad SMARTS) is 1. The molecule has 1 saturated heterocycles. The van der Waals surface area contributed by atoms with Gasteiger partial charge in [-0.2, -0.15) is 5.10 Å². The van der Waals surface area contributed by atoms with Gasteiger partial charge in [-0.15, -0.1) is 0 Å². The number of amides is 1. The molecule has 3 rings (SSSR count). The van der Waals surface area contributed by atoms with Crippen LogP contribution >= 0.6 is 11.6 Å². The number of hydrogen-bond acceptors (Lipinski definition) is 3. The van der Waals surface area contributed by atoms with E-state index in [1.54, 1.807) is 22.9 Å². The summed E-state index contributed by atoms with van der Waals surface area (Å²) in [5.74, 6) is -1.02. The lowest BCUT2D eigenvalue weighted by atomic mass is 9.92. The van der Waals surface area contributed by atoms with Crippen molar-refractivity contribution in [2.75, 3.05) is 6.54 Å². The summed E-state index contributed by atoms with van der Waals surface area (Å²) in [6, 6.07) is 8.07. The second-order valence-corrected chi connectivity index (χ2v) is 6.98. The number of carboxylic acids is 1. The number of hydrogen-bond donors (Lipinski definition) is 1. The first-order valence-corrected chi connectivity index (χ1v) is 8.61. The lowest BCUT2D eigenvalue weighted by molar-refractivity contribution is -0.144. The van der Waals surface area contributed by atoms with E-state index in [2.05, 4.69) is 5.10 Å². The molecular weight excluding hydrogens is 342 g/mol. The number of nitrogens with zero attached hydrogens (tertiary/aromatic N) is 3. The SMILES string of the molecule is Cc1cc(C(=O)N2CCC(C)CC2C(=O)O)nn1-c1cccc(Cl)c1. The summed E-state index contributed by atoms with van der Waals surface area (Å²) in [6.45, 7) is 4.29. The minimum absolute atomic E-state index is 0.248. The van der Waals surface area contributed by atoms with Gasteiger partial charge in [0.15, 0.2) is 5.69 Å². The van der Waals surface area contributed by atoms with Crippen LogP contribution in [0.2, 0.25) is 5.02 Å². The largest absolute Gasteiger partial charge is 0.480 e. The van der Waals surface area contributed by atoms with Crippen molar-refractivity contribution in [3.63, 3.8) is 0 Å². The maximum atomic E-state index is 12.8. The summed E-state index contributed by atoms with van der Waals surface area (Å²) >= 11 is 6.02. The first kappa shape index (κ1) is 17.5.